The molecule has 0 aromatic heterocycles. The van der Waals surface area contributed by atoms with E-state index in [0.717, 1.165) is 49.7 Å². The van der Waals surface area contributed by atoms with Crippen molar-refractivity contribution < 1.29 is 4.79 Å². The van der Waals surface area contributed by atoms with E-state index in [-0.39, 0.29) is 29.9 Å². The Morgan fingerprint density at radius 1 is 0.964 bits per heavy atom. The van der Waals surface area contributed by atoms with E-state index in [1.807, 2.05) is 42.5 Å². The second kappa shape index (κ2) is 13.8. The van der Waals surface area contributed by atoms with Gasteiger partial charge in [-0.2, -0.15) is 0 Å². The lowest BCUT2D eigenvalue weighted by molar-refractivity contribution is 0.0963. The van der Waals surface area contributed by atoms with Crippen LogP contribution >= 0.6 is 24.0 Å². The van der Waals surface area contributed by atoms with Gasteiger partial charge in [-0.1, -0.05) is 30.3 Å². The number of carbonyl (C=O) groups excluding carboxylic acids is 1. The molecule has 0 aliphatic heterocycles. The van der Waals surface area contributed by atoms with Crippen molar-refractivity contribution in [2.75, 3.05) is 39.0 Å². The molecule has 0 saturated carbocycles. The molecule has 0 bridgehead atoms. The van der Waals surface area contributed by atoms with E-state index in [9.17, 15) is 4.79 Å². The van der Waals surface area contributed by atoms with E-state index in [2.05, 4.69) is 38.4 Å². The zero-order valence-corrected chi connectivity index (χ0v) is 18.8. The number of para-hydroxylation sites is 1. The number of benzene rings is 2. The third-order valence-electron chi connectivity index (χ3n) is 4.09. The lowest BCUT2D eigenvalue weighted by Crippen LogP contribution is -2.39. The quantitative estimate of drug-likeness (QED) is 0.187. The Morgan fingerprint density at radius 3 is 2.43 bits per heavy atom. The highest BCUT2D eigenvalue weighted by Gasteiger charge is 2.04. The minimum Gasteiger partial charge on any atom is -0.385 e. The highest BCUT2D eigenvalue weighted by molar-refractivity contribution is 14.0. The molecule has 4 N–H and O–H groups in total. The number of amides is 1. The van der Waals surface area contributed by atoms with Gasteiger partial charge in [-0.15, -0.1) is 24.0 Å². The normalized spacial score (nSPS) is 10.6. The summed E-state index contributed by atoms with van der Waals surface area (Å²) in [5, 5.41) is 12.7. The van der Waals surface area contributed by atoms with E-state index in [1.165, 1.54) is 0 Å². The molecule has 0 atom stereocenters. The molecule has 28 heavy (non-hydrogen) atoms. The first-order valence-electron chi connectivity index (χ1n) is 9.27. The molecule has 0 fully saturated rings. The molecule has 0 aliphatic rings. The highest BCUT2D eigenvalue weighted by Crippen LogP contribution is 2.06. The van der Waals surface area contributed by atoms with Gasteiger partial charge in [0.05, 0.1) is 0 Å². The molecule has 0 aliphatic carbocycles. The van der Waals surface area contributed by atoms with E-state index in [1.54, 1.807) is 14.1 Å². The lowest BCUT2D eigenvalue weighted by atomic mass is 10.1. The van der Waals surface area contributed by atoms with Gasteiger partial charge in [-0.05, 0) is 42.7 Å². The third kappa shape index (κ3) is 8.60. The van der Waals surface area contributed by atoms with Gasteiger partial charge in [-0.25, -0.2) is 0 Å². The molecular weight excluding hydrogens is 465 g/mol. The Kier molecular flexibility index (Phi) is 11.7. The summed E-state index contributed by atoms with van der Waals surface area (Å²) in [5.74, 6) is 0.726. The summed E-state index contributed by atoms with van der Waals surface area (Å²) < 4.78 is 0. The number of rotatable bonds is 9. The number of aliphatic imine (C=N–C) groups is 1. The number of carbonyl (C=O) groups is 1. The van der Waals surface area contributed by atoms with Crippen LogP contribution in [0.25, 0.3) is 0 Å². The summed E-state index contributed by atoms with van der Waals surface area (Å²) in [6.45, 7) is 2.49. The van der Waals surface area contributed by atoms with Gasteiger partial charge >= 0.3 is 0 Å². The number of anilines is 1. The van der Waals surface area contributed by atoms with Gasteiger partial charge in [0, 0.05) is 45.0 Å². The molecule has 0 heterocycles. The smallest absolute Gasteiger partial charge is 0.251 e. The molecule has 7 heteroatoms. The van der Waals surface area contributed by atoms with Crippen molar-refractivity contribution in [3.8, 4) is 0 Å². The minimum absolute atomic E-state index is 0. The van der Waals surface area contributed by atoms with Gasteiger partial charge in [-0.3, -0.25) is 9.79 Å². The number of nitrogens with one attached hydrogen (secondary N) is 4. The Bertz CT molecular complexity index is 737. The number of nitrogens with zero attached hydrogens (tertiary/aromatic N) is 1. The number of hydrogen-bond donors (Lipinski definition) is 4. The average Bonchev–Trinajstić information content (AvgIpc) is 2.72. The Morgan fingerprint density at radius 2 is 1.71 bits per heavy atom. The van der Waals surface area contributed by atoms with Crippen LogP contribution in [0.3, 0.4) is 0 Å². The van der Waals surface area contributed by atoms with E-state index < -0.39 is 0 Å². The monoisotopic (exact) mass is 495 g/mol. The SMILES string of the molecule is CN=C(NCCCNc1ccccc1)NCCc1cccc(C(=O)NC)c1.I. The van der Waals surface area contributed by atoms with Gasteiger partial charge in [0.25, 0.3) is 5.91 Å². The van der Waals surface area contributed by atoms with Crippen molar-refractivity contribution in [1.29, 1.82) is 0 Å². The van der Waals surface area contributed by atoms with Crippen LogP contribution in [0.15, 0.2) is 59.6 Å². The zero-order chi connectivity index (χ0) is 19.3. The van der Waals surface area contributed by atoms with Crippen LogP contribution in [0, 0.1) is 0 Å². The lowest BCUT2D eigenvalue weighted by Gasteiger charge is -2.12. The molecule has 2 aromatic rings. The van der Waals surface area contributed by atoms with Crippen LogP contribution < -0.4 is 21.3 Å². The van der Waals surface area contributed by atoms with Crippen LogP contribution in [0.1, 0.15) is 22.3 Å². The van der Waals surface area contributed by atoms with Gasteiger partial charge in [0.15, 0.2) is 5.96 Å². The van der Waals surface area contributed by atoms with Crippen molar-refractivity contribution >= 4 is 41.5 Å². The number of guanidine groups is 1. The Balaban J connectivity index is 0.00000392. The van der Waals surface area contributed by atoms with Crippen LogP contribution in [0.5, 0.6) is 0 Å². The van der Waals surface area contributed by atoms with Crippen molar-refractivity contribution in [1.82, 2.24) is 16.0 Å². The molecule has 0 saturated heterocycles. The predicted molar refractivity (Wildman–Crippen MR) is 128 cm³/mol. The first-order valence-corrected chi connectivity index (χ1v) is 9.27. The maximum absolute atomic E-state index is 11.7. The van der Waals surface area contributed by atoms with Crippen molar-refractivity contribution in [3.63, 3.8) is 0 Å². The van der Waals surface area contributed by atoms with Crippen LogP contribution in [-0.4, -0.2) is 45.6 Å². The van der Waals surface area contributed by atoms with E-state index >= 15 is 0 Å². The zero-order valence-electron chi connectivity index (χ0n) is 16.5. The van der Waals surface area contributed by atoms with E-state index in [4.69, 9.17) is 0 Å². The standard InChI is InChI=1S/C21H29N5O.HI/c1-22-20(27)18-9-6-8-17(16-18)12-15-26-21(23-2)25-14-7-13-24-19-10-4-3-5-11-19;/h3-6,8-11,16,24H,7,12-15H2,1-2H3,(H,22,27)(H2,23,25,26);1H. The molecule has 0 spiro atoms. The van der Waals surface area contributed by atoms with Gasteiger partial charge in [0.2, 0.25) is 0 Å². The largest absolute Gasteiger partial charge is 0.385 e. The highest BCUT2D eigenvalue weighted by atomic mass is 127. The Labute approximate surface area is 184 Å². The molecule has 152 valence electrons. The average molecular weight is 495 g/mol. The molecule has 2 rings (SSSR count). The molecule has 6 nitrogen and oxygen atoms in total. The summed E-state index contributed by atoms with van der Waals surface area (Å²) in [6, 6.07) is 17.9. The first kappa shape index (κ1) is 23.7. The molecule has 2 aromatic carbocycles. The minimum atomic E-state index is -0.0635. The number of halogens is 1. The van der Waals surface area contributed by atoms with Crippen molar-refractivity contribution in [3.05, 3.63) is 65.7 Å². The summed E-state index contributed by atoms with van der Waals surface area (Å²) in [5.41, 5.74) is 2.94. The predicted octanol–water partition coefficient (Wildman–Crippen LogP) is 2.87. The number of hydrogen-bond acceptors (Lipinski definition) is 3. The van der Waals surface area contributed by atoms with Crippen LogP contribution in [0.2, 0.25) is 0 Å². The second-order valence-electron chi connectivity index (χ2n) is 6.10. The molecular formula is C21H30IN5O. The van der Waals surface area contributed by atoms with Gasteiger partial charge < -0.3 is 21.3 Å². The second-order valence-corrected chi connectivity index (χ2v) is 6.10. The maximum Gasteiger partial charge on any atom is 0.251 e. The summed E-state index contributed by atoms with van der Waals surface area (Å²) >= 11 is 0. The molecule has 1 amide bonds. The van der Waals surface area contributed by atoms with Crippen molar-refractivity contribution in [2.24, 2.45) is 4.99 Å². The summed E-state index contributed by atoms with van der Waals surface area (Å²) in [7, 11) is 3.41. The maximum atomic E-state index is 11.7. The van der Waals surface area contributed by atoms with E-state index in [0.29, 0.717) is 5.56 Å². The summed E-state index contributed by atoms with van der Waals surface area (Å²) in [4.78, 5) is 15.9. The fourth-order valence-electron chi connectivity index (χ4n) is 2.64. The van der Waals surface area contributed by atoms with Crippen LogP contribution in [-0.2, 0) is 6.42 Å². The summed E-state index contributed by atoms with van der Waals surface area (Å²) in [6.07, 6.45) is 1.81. The first-order chi connectivity index (χ1) is 13.2. The Hall–Kier alpha value is -2.29. The fourth-order valence-corrected chi connectivity index (χ4v) is 2.64. The third-order valence-corrected chi connectivity index (χ3v) is 4.09. The van der Waals surface area contributed by atoms with Crippen molar-refractivity contribution in [2.45, 2.75) is 12.8 Å². The molecule has 0 unspecified atom stereocenters. The fraction of sp³-hybridized carbons (Fsp3) is 0.333. The van der Waals surface area contributed by atoms with Gasteiger partial charge in [0.1, 0.15) is 0 Å². The van der Waals surface area contributed by atoms with Crippen LogP contribution in [0.4, 0.5) is 5.69 Å². The molecule has 0 radical (unpaired) electrons. The topological polar surface area (TPSA) is 77.6 Å².